The standard InChI is InChI=1S/C16H24N4/c1-3-11-18-12(17-4-2)8-13(19-11)20-16-14-9-5-6-10(7-9)15(14)16/h8-10,14-16H,3-7H2,1-2H3,(H2,17,18,19,20). The van der Waals surface area contributed by atoms with Crippen molar-refractivity contribution in [3.8, 4) is 0 Å². The lowest BCUT2D eigenvalue weighted by Crippen LogP contribution is -2.15. The SMILES string of the molecule is CCNc1cc(NC2C3C4CCC(C4)C23)nc(CC)n1. The minimum Gasteiger partial charge on any atom is -0.370 e. The first-order valence-electron chi connectivity index (χ1n) is 8.18. The zero-order valence-electron chi connectivity index (χ0n) is 12.4. The topological polar surface area (TPSA) is 49.8 Å². The van der Waals surface area contributed by atoms with Crippen molar-refractivity contribution in [1.82, 2.24) is 9.97 Å². The molecule has 3 aliphatic rings. The molecule has 4 heteroatoms. The van der Waals surface area contributed by atoms with Gasteiger partial charge in [-0.15, -0.1) is 0 Å². The van der Waals surface area contributed by atoms with Gasteiger partial charge < -0.3 is 10.6 Å². The van der Waals surface area contributed by atoms with E-state index in [0.29, 0.717) is 6.04 Å². The molecule has 4 atom stereocenters. The first kappa shape index (κ1) is 12.4. The molecule has 2 N–H and O–H groups in total. The van der Waals surface area contributed by atoms with Gasteiger partial charge >= 0.3 is 0 Å². The molecular formula is C16H24N4. The molecule has 3 saturated carbocycles. The Balaban J connectivity index is 1.50. The maximum absolute atomic E-state index is 4.65. The highest BCUT2D eigenvalue weighted by atomic mass is 15.1. The number of nitrogens with zero attached hydrogens (tertiary/aromatic N) is 2. The highest BCUT2D eigenvalue weighted by molar-refractivity contribution is 5.49. The van der Waals surface area contributed by atoms with Crippen molar-refractivity contribution in [2.24, 2.45) is 23.7 Å². The summed E-state index contributed by atoms with van der Waals surface area (Å²) in [6.07, 6.45) is 5.32. The third-order valence-corrected chi connectivity index (χ3v) is 5.50. The molecule has 3 aliphatic carbocycles. The summed E-state index contributed by atoms with van der Waals surface area (Å²) in [5, 5.41) is 7.01. The fraction of sp³-hybridized carbons (Fsp3) is 0.750. The molecule has 3 fully saturated rings. The van der Waals surface area contributed by atoms with Gasteiger partial charge in [0.1, 0.15) is 17.5 Å². The zero-order chi connectivity index (χ0) is 13.7. The van der Waals surface area contributed by atoms with Crippen LogP contribution in [0, 0.1) is 23.7 Å². The number of fused-ring (bicyclic) bond motifs is 5. The van der Waals surface area contributed by atoms with Crippen LogP contribution in [0.2, 0.25) is 0 Å². The first-order valence-corrected chi connectivity index (χ1v) is 8.18. The van der Waals surface area contributed by atoms with Gasteiger partial charge in [-0.2, -0.15) is 0 Å². The van der Waals surface area contributed by atoms with Crippen molar-refractivity contribution >= 4 is 11.6 Å². The Morgan fingerprint density at radius 2 is 1.80 bits per heavy atom. The van der Waals surface area contributed by atoms with E-state index in [4.69, 9.17) is 0 Å². The number of aromatic nitrogens is 2. The average molecular weight is 272 g/mol. The monoisotopic (exact) mass is 272 g/mol. The van der Waals surface area contributed by atoms with Crippen molar-refractivity contribution in [1.29, 1.82) is 0 Å². The molecule has 0 radical (unpaired) electrons. The molecule has 1 aromatic heterocycles. The molecule has 0 amide bonds. The summed E-state index contributed by atoms with van der Waals surface area (Å²) >= 11 is 0. The Hall–Kier alpha value is -1.32. The molecule has 0 aromatic carbocycles. The van der Waals surface area contributed by atoms with Crippen molar-refractivity contribution in [2.75, 3.05) is 17.2 Å². The number of aryl methyl sites for hydroxylation is 1. The lowest BCUT2D eigenvalue weighted by molar-refractivity contribution is 0.456. The van der Waals surface area contributed by atoms with E-state index < -0.39 is 0 Å². The minimum absolute atomic E-state index is 0.690. The molecule has 4 rings (SSSR count). The second-order valence-corrected chi connectivity index (χ2v) is 6.60. The van der Waals surface area contributed by atoms with Crippen molar-refractivity contribution in [2.45, 2.75) is 45.6 Å². The maximum Gasteiger partial charge on any atom is 0.132 e. The summed E-state index contributed by atoms with van der Waals surface area (Å²) in [5.74, 6) is 6.79. The third kappa shape index (κ3) is 1.88. The van der Waals surface area contributed by atoms with E-state index in [-0.39, 0.29) is 0 Å². The number of hydrogen-bond acceptors (Lipinski definition) is 4. The molecule has 0 aliphatic heterocycles. The Kier molecular flexibility index (Phi) is 2.86. The lowest BCUT2D eigenvalue weighted by Gasteiger charge is -2.13. The van der Waals surface area contributed by atoms with E-state index >= 15 is 0 Å². The van der Waals surface area contributed by atoms with Crippen LogP contribution in [-0.4, -0.2) is 22.6 Å². The number of anilines is 2. The summed E-state index contributed by atoms with van der Waals surface area (Å²) in [5.41, 5.74) is 0. The van der Waals surface area contributed by atoms with Gasteiger partial charge in [-0.25, -0.2) is 9.97 Å². The van der Waals surface area contributed by atoms with Crippen LogP contribution in [0.25, 0.3) is 0 Å². The molecule has 1 aromatic rings. The Morgan fingerprint density at radius 3 is 2.45 bits per heavy atom. The summed E-state index contributed by atoms with van der Waals surface area (Å²) in [7, 11) is 0. The van der Waals surface area contributed by atoms with Crippen LogP contribution in [0.3, 0.4) is 0 Å². The minimum atomic E-state index is 0.690. The molecular weight excluding hydrogens is 248 g/mol. The van der Waals surface area contributed by atoms with Gasteiger partial charge in [0.15, 0.2) is 0 Å². The van der Waals surface area contributed by atoms with E-state index in [1.807, 2.05) is 0 Å². The largest absolute Gasteiger partial charge is 0.370 e. The fourth-order valence-corrected chi connectivity index (χ4v) is 4.69. The Bertz CT molecular complexity index is 499. The van der Waals surface area contributed by atoms with Crippen LogP contribution in [-0.2, 0) is 6.42 Å². The smallest absolute Gasteiger partial charge is 0.132 e. The van der Waals surface area contributed by atoms with Crippen LogP contribution in [0.15, 0.2) is 6.07 Å². The predicted octanol–water partition coefficient (Wildman–Crippen LogP) is 2.93. The Labute approximate surface area is 120 Å². The molecule has 20 heavy (non-hydrogen) atoms. The highest BCUT2D eigenvalue weighted by Gasteiger charge is 2.65. The maximum atomic E-state index is 4.65. The number of nitrogens with one attached hydrogen (secondary N) is 2. The van der Waals surface area contributed by atoms with Crippen LogP contribution in [0.5, 0.6) is 0 Å². The van der Waals surface area contributed by atoms with E-state index in [0.717, 1.165) is 54.1 Å². The molecule has 0 spiro atoms. The van der Waals surface area contributed by atoms with E-state index in [9.17, 15) is 0 Å². The van der Waals surface area contributed by atoms with Crippen molar-refractivity contribution in [3.63, 3.8) is 0 Å². The second-order valence-electron chi connectivity index (χ2n) is 6.60. The fourth-order valence-electron chi connectivity index (χ4n) is 4.69. The van der Waals surface area contributed by atoms with Gasteiger partial charge in [-0.1, -0.05) is 6.92 Å². The summed E-state index contributed by atoms with van der Waals surface area (Å²) in [6, 6.07) is 2.76. The van der Waals surface area contributed by atoms with Crippen LogP contribution in [0.1, 0.15) is 38.9 Å². The highest BCUT2D eigenvalue weighted by Crippen LogP contribution is 2.66. The van der Waals surface area contributed by atoms with Crippen LogP contribution >= 0.6 is 0 Å². The predicted molar refractivity (Wildman–Crippen MR) is 80.8 cm³/mol. The molecule has 0 saturated heterocycles. The van der Waals surface area contributed by atoms with Gasteiger partial charge in [0, 0.05) is 25.1 Å². The summed E-state index contributed by atoms with van der Waals surface area (Å²) in [4.78, 5) is 9.17. The van der Waals surface area contributed by atoms with E-state index in [2.05, 4.69) is 40.5 Å². The average Bonchev–Trinajstić information content (AvgIpc) is 2.85. The van der Waals surface area contributed by atoms with Crippen LogP contribution < -0.4 is 10.6 Å². The van der Waals surface area contributed by atoms with Crippen molar-refractivity contribution in [3.05, 3.63) is 11.9 Å². The zero-order valence-corrected chi connectivity index (χ0v) is 12.4. The van der Waals surface area contributed by atoms with Gasteiger partial charge in [0.2, 0.25) is 0 Å². The van der Waals surface area contributed by atoms with Gasteiger partial charge in [0.25, 0.3) is 0 Å². The molecule has 4 unspecified atom stereocenters. The summed E-state index contributed by atoms with van der Waals surface area (Å²) in [6.45, 7) is 5.11. The second kappa shape index (κ2) is 4.61. The molecule has 1 heterocycles. The van der Waals surface area contributed by atoms with Gasteiger partial charge in [-0.3, -0.25) is 0 Å². The Morgan fingerprint density at radius 1 is 1.10 bits per heavy atom. The van der Waals surface area contributed by atoms with E-state index in [1.165, 1.54) is 19.3 Å². The normalized spacial score (nSPS) is 36.8. The summed E-state index contributed by atoms with van der Waals surface area (Å²) < 4.78 is 0. The molecule has 4 nitrogen and oxygen atoms in total. The number of rotatable bonds is 5. The molecule has 2 bridgehead atoms. The third-order valence-electron chi connectivity index (χ3n) is 5.50. The lowest BCUT2D eigenvalue weighted by atomic mass is 10.0. The molecule has 108 valence electrons. The van der Waals surface area contributed by atoms with E-state index in [1.54, 1.807) is 0 Å². The number of hydrogen-bond donors (Lipinski definition) is 2. The first-order chi connectivity index (χ1) is 9.80. The van der Waals surface area contributed by atoms with Crippen molar-refractivity contribution < 1.29 is 0 Å². The van der Waals surface area contributed by atoms with Gasteiger partial charge in [-0.05, 0) is 49.9 Å². The quantitative estimate of drug-likeness (QED) is 0.865. The van der Waals surface area contributed by atoms with Gasteiger partial charge in [0.05, 0.1) is 0 Å². The van der Waals surface area contributed by atoms with Crippen LogP contribution in [0.4, 0.5) is 11.6 Å².